The van der Waals surface area contributed by atoms with Crippen LogP contribution in [0.2, 0.25) is 0 Å². The molecule has 1 amide bonds. The number of benzene rings is 1. The van der Waals surface area contributed by atoms with Gasteiger partial charge in [-0.3, -0.25) is 14.2 Å². The molecular formula is C17H15BrFN5O3. The normalized spacial score (nSPS) is 12.0. The molecule has 1 unspecified atom stereocenters. The zero-order valence-corrected chi connectivity index (χ0v) is 15.7. The number of hydrogen-bond acceptors (Lipinski definition) is 4. The third kappa shape index (κ3) is 4.40. The predicted molar refractivity (Wildman–Crippen MR) is 98.0 cm³/mol. The number of amides is 1. The van der Waals surface area contributed by atoms with E-state index in [1.165, 1.54) is 36.1 Å². The predicted octanol–water partition coefficient (Wildman–Crippen LogP) is 2.93. The molecule has 0 radical (unpaired) electrons. The minimum atomic E-state index is -1.05. The van der Waals surface area contributed by atoms with Crippen LogP contribution in [-0.4, -0.2) is 36.5 Å². The second kappa shape index (κ2) is 7.70. The number of hydrogen-bond donors (Lipinski definition) is 2. The first-order valence-electron chi connectivity index (χ1n) is 7.89. The Morgan fingerprint density at radius 1 is 1.30 bits per heavy atom. The number of halogens is 2. The van der Waals surface area contributed by atoms with Crippen LogP contribution < -0.4 is 5.32 Å². The Morgan fingerprint density at radius 2 is 2.00 bits per heavy atom. The lowest BCUT2D eigenvalue weighted by Crippen LogP contribution is -2.16. The quantitative estimate of drug-likeness (QED) is 0.619. The number of nitrogens with one attached hydrogen (secondary N) is 1. The maximum atomic E-state index is 13.0. The van der Waals surface area contributed by atoms with E-state index < -0.39 is 17.9 Å². The van der Waals surface area contributed by atoms with Crippen molar-refractivity contribution in [1.82, 2.24) is 19.6 Å². The van der Waals surface area contributed by atoms with Crippen molar-refractivity contribution in [2.45, 2.75) is 19.5 Å². The Kier molecular flexibility index (Phi) is 5.36. The van der Waals surface area contributed by atoms with Crippen LogP contribution in [0.1, 0.15) is 28.9 Å². The molecule has 0 bridgehead atoms. The maximum absolute atomic E-state index is 13.0. The fourth-order valence-corrected chi connectivity index (χ4v) is 2.71. The fraction of sp³-hybridized carbons (Fsp3) is 0.176. The van der Waals surface area contributed by atoms with Gasteiger partial charge < -0.3 is 10.4 Å². The number of carboxylic acid groups (broad SMARTS) is 1. The van der Waals surface area contributed by atoms with E-state index in [1.807, 2.05) is 0 Å². The summed E-state index contributed by atoms with van der Waals surface area (Å²) in [4.78, 5) is 23.3. The van der Waals surface area contributed by atoms with Gasteiger partial charge in [-0.15, -0.1) is 0 Å². The third-order valence-electron chi connectivity index (χ3n) is 3.82. The number of aromatic nitrogens is 4. The van der Waals surface area contributed by atoms with Gasteiger partial charge in [-0.2, -0.15) is 10.2 Å². The molecular weight excluding hydrogens is 421 g/mol. The molecule has 3 aromatic rings. The number of carbonyl (C=O) groups excluding carboxylic acids is 1. The highest BCUT2D eigenvalue weighted by Crippen LogP contribution is 2.21. The highest BCUT2D eigenvalue weighted by atomic mass is 79.9. The van der Waals surface area contributed by atoms with Gasteiger partial charge in [0.1, 0.15) is 11.9 Å². The number of aliphatic carboxylic acids is 1. The first kappa shape index (κ1) is 18.8. The minimum absolute atomic E-state index is 0.211. The van der Waals surface area contributed by atoms with Gasteiger partial charge >= 0.3 is 5.97 Å². The van der Waals surface area contributed by atoms with E-state index in [-0.39, 0.29) is 11.4 Å². The molecule has 2 N–H and O–H groups in total. The topological polar surface area (TPSA) is 102 Å². The van der Waals surface area contributed by atoms with E-state index in [0.717, 1.165) is 5.56 Å². The molecule has 2 heterocycles. The average Bonchev–Trinajstić information content (AvgIpc) is 3.24. The number of rotatable bonds is 6. The van der Waals surface area contributed by atoms with Gasteiger partial charge in [0.15, 0.2) is 5.82 Å². The molecule has 0 aliphatic heterocycles. The van der Waals surface area contributed by atoms with E-state index in [1.54, 1.807) is 23.0 Å². The molecule has 1 aromatic carbocycles. The molecule has 0 saturated heterocycles. The van der Waals surface area contributed by atoms with Crippen molar-refractivity contribution >= 4 is 33.6 Å². The molecule has 0 spiro atoms. The van der Waals surface area contributed by atoms with Crippen LogP contribution in [0.15, 0.2) is 47.3 Å². The second-order valence-corrected chi connectivity index (χ2v) is 6.68. The summed E-state index contributed by atoms with van der Waals surface area (Å²) in [5.74, 6) is -1.52. The van der Waals surface area contributed by atoms with Crippen LogP contribution in [0.4, 0.5) is 10.2 Å². The summed E-state index contributed by atoms with van der Waals surface area (Å²) in [6, 6.07) is 5.16. The van der Waals surface area contributed by atoms with Crippen molar-refractivity contribution in [3.05, 3.63) is 64.3 Å². The fourth-order valence-electron chi connectivity index (χ4n) is 2.30. The van der Waals surface area contributed by atoms with Crippen LogP contribution in [-0.2, 0) is 11.3 Å². The van der Waals surface area contributed by atoms with Crippen LogP contribution >= 0.6 is 15.9 Å². The number of nitrogens with zero attached hydrogens (tertiary/aromatic N) is 4. The standard InChI is InChI=1S/C17H15BrFN5O3/c1-10(17(26)27)24-8-12(6-20-24)16(25)21-15-14(18)9-23(22-15)7-11-2-4-13(19)5-3-11/h2-6,8-10H,7H2,1H3,(H,26,27)(H,21,22,25). The monoisotopic (exact) mass is 435 g/mol. The van der Waals surface area contributed by atoms with Crippen LogP contribution in [0.3, 0.4) is 0 Å². The molecule has 140 valence electrons. The summed E-state index contributed by atoms with van der Waals surface area (Å²) in [5.41, 5.74) is 1.07. The summed E-state index contributed by atoms with van der Waals surface area (Å²) in [6.45, 7) is 1.87. The summed E-state index contributed by atoms with van der Waals surface area (Å²) >= 11 is 3.33. The summed E-state index contributed by atoms with van der Waals surface area (Å²) in [7, 11) is 0. The largest absolute Gasteiger partial charge is 0.480 e. The molecule has 0 fully saturated rings. The van der Waals surface area contributed by atoms with Crippen molar-refractivity contribution in [3.63, 3.8) is 0 Å². The van der Waals surface area contributed by atoms with Crippen molar-refractivity contribution in [1.29, 1.82) is 0 Å². The zero-order chi connectivity index (χ0) is 19.6. The molecule has 0 aliphatic carbocycles. The van der Waals surface area contributed by atoms with Gasteiger partial charge in [0.2, 0.25) is 0 Å². The smallest absolute Gasteiger partial charge is 0.328 e. The van der Waals surface area contributed by atoms with Crippen molar-refractivity contribution in [3.8, 4) is 0 Å². The highest BCUT2D eigenvalue weighted by Gasteiger charge is 2.18. The van der Waals surface area contributed by atoms with Gasteiger partial charge in [-0.05, 0) is 40.5 Å². The van der Waals surface area contributed by atoms with E-state index in [9.17, 15) is 14.0 Å². The molecule has 3 rings (SSSR count). The second-order valence-electron chi connectivity index (χ2n) is 5.83. The summed E-state index contributed by atoms with van der Waals surface area (Å²) < 4.78 is 16.3. The van der Waals surface area contributed by atoms with E-state index in [2.05, 4.69) is 31.4 Å². The van der Waals surface area contributed by atoms with E-state index in [0.29, 0.717) is 16.8 Å². The first-order valence-corrected chi connectivity index (χ1v) is 8.68. The van der Waals surface area contributed by atoms with Gasteiger partial charge in [-0.1, -0.05) is 12.1 Å². The minimum Gasteiger partial charge on any atom is -0.480 e. The van der Waals surface area contributed by atoms with Gasteiger partial charge in [0.05, 0.1) is 22.8 Å². The lowest BCUT2D eigenvalue weighted by Gasteiger charge is -2.05. The Labute approximate surface area is 161 Å². The SMILES string of the molecule is CC(C(=O)O)n1cc(C(=O)Nc2nn(Cc3ccc(F)cc3)cc2Br)cn1. The molecule has 8 nitrogen and oxygen atoms in total. The summed E-state index contributed by atoms with van der Waals surface area (Å²) in [5, 5.41) is 19.8. The Bertz CT molecular complexity index is 983. The van der Waals surface area contributed by atoms with Gasteiger partial charge in [0, 0.05) is 12.4 Å². The third-order valence-corrected chi connectivity index (χ3v) is 4.41. The average molecular weight is 436 g/mol. The zero-order valence-electron chi connectivity index (χ0n) is 14.1. The number of carboxylic acids is 1. The molecule has 27 heavy (non-hydrogen) atoms. The number of anilines is 1. The summed E-state index contributed by atoms with van der Waals surface area (Å²) in [6.07, 6.45) is 4.34. The van der Waals surface area contributed by atoms with Crippen LogP contribution in [0, 0.1) is 5.82 Å². The molecule has 10 heteroatoms. The Morgan fingerprint density at radius 3 is 2.67 bits per heavy atom. The highest BCUT2D eigenvalue weighted by molar-refractivity contribution is 9.10. The Hall–Kier alpha value is -3.01. The van der Waals surface area contributed by atoms with Gasteiger partial charge in [0.25, 0.3) is 5.91 Å². The molecule has 2 aromatic heterocycles. The maximum Gasteiger partial charge on any atom is 0.328 e. The number of carbonyl (C=O) groups is 2. The lowest BCUT2D eigenvalue weighted by molar-refractivity contribution is -0.140. The Balaban J connectivity index is 1.70. The molecule has 0 aliphatic rings. The van der Waals surface area contributed by atoms with Crippen LogP contribution in [0.5, 0.6) is 0 Å². The van der Waals surface area contributed by atoms with Crippen molar-refractivity contribution < 1.29 is 19.1 Å². The molecule has 0 saturated carbocycles. The van der Waals surface area contributed by atoms with Gasteiger partial charge in [-0.25, -0.2) is 9.18 Å². The lowest BCUT2D eigenvalue weighted by atomic mass is 10.2. The molecule has 1 atom stereocenters. The first-order chi connectivity index (χ1) is 12.8. The van der Waals surface area contributed by atoms with Crippen molar-refractivity contribution in [2.75, 3.05) is 5.32 Å². The van der Waals surface area contributed by atoms with E-state index >= 15 is 0 Å². The van der Waals surface area contributed by atoms with Crippen molar-refractivity contribution in [2.24, 2.45) is 0 Å². The van der Waals surface area contributed by atoms with Crippen LogP contribution in [0.25, 0.3) is 0 Å². The van der Waals surface area contributed by atoms with E-state index in [4.69, 9.17) is 5.11 Å².